The lowest BCUT2D eigenvalue weighted by atomic mass is 9.48. The van der Waals surface area contributed by atoms with Gasteiger partial charge in [-0.25, -0.2) is 4.79 Å². The monoisotopic (exact) mass is 419 g/mol. The molecule has 4 fully saturated rings. The van der Waals surface area contributed by atoms with Crippen molar-refractivity contribution in [1.29, 1.82) is 0 Å². The molecule has 0 heterocycles. The summed E-state index contributed by atoms with van der Waals surface area (Å²) in [5.74, 6) is 2.16. The van der Waals surface area contributed by atoms with Crippen LogP contribution >= 0.6 is 0 Å². The number of aromatic carboxylic acids is 1. The van der Waals surface area contributed by atoms with Crippen LogP contribution < -0.4 is 10.1 Å². The fourth-order valence-electron chi connectivity index (χ4n) is 6.88. The van der Waals surface area contributed by atoms with Crippen molar-refractivity contribution in [2.75, 3.05) is 12.4 Å². The van der Waals surface area contributed by atoms with Gasteiger partial charge in [0.2, 0.25) is 5.91 Å². The number of hydrogen-bond donors (Lipinski definition) is 2. The predicted octanol–water partition coefficient (Wildman–Crippen LogP) is 5.04. The molecule has 0 aliphatic heterocycles. The first kappa shape index (κ1) is 20.1. The summed E-state index contributed by atoms with van der Waals surface area (Å²) in [7, 11) is 1.73. The minimum Gasteiger partial charge on any atom is -0.496 e. The Kier molecular flexibility index (Phi) is 4.99. The van der Waals surface area contributed by atoms with Crippen LogP contribution in [0, 0.1) is 17.8 Å². The van der Waals surface area contributed by atoms with Crippen LogP contribution in [0.25, 0.3) is 0 Å². The van der Waals surface area contributed by atoms with Crippen molar-refractivity contribution in [3.05, 3.63) is 59.2 Å². The number of para-hydroxylation sites is 1. The molecule has 2 aromatic carbocycles. The maximum absolute atomic E-state index is 12.7. The molecule has 0 aromatic heterocycles. The molecule has 0 unspecified atom stereocenters. The number of carboxylic acid groups (broad SMARTS) is 1. The second kappa shape index (κ2) is 7.70. The molecule has 4 aliphatic carbocycles. The number of rotatable bonds is 6. The van der Waals surface area contributed by atoms with E-state index < -0.39 is 5.97 Å². The average Bonchev–Trinajstić information content (AvgIpc) is 2.73. The zero-order valence-electron chi connectivity index (χ0n) is 17.9. The van der Waals surface area contributed by atoms with Crippen LogP contribution in [0.1, 0.15) is 60.0 Å². The van der Waals surface area contributed by atoms with Gasteiger partial charge in [0.25, 0.3) is 0 Å². The number of carbonyl (C=O) groups is 2. The first-order chi connectivity index (χ1) is 15.0. The summed E-state index contributed by atoms with van der Waals surface area (Å²) in [6.45, 7) is 0. The standard InChI is InChI=1S/C26H29NO4/c1-31-23-7-6-16(12-24(28)27-22-5-3-2-4-20(22)25(29)30)11-21(23)26-13-17-8-18(14-26)10-19(9-17)15-26/h2-7,11,17-19H,8-10,12-15H2,1H3,(H,27,28)(H,29,30). The molecule has 31 heavy (non-hydrogen) atoms. The van der Waals surface area contributed by atoms with E-state index in [1.165, 1.54) is 50.2 Å². The van der Waals surface area contributed by atoms with E-state index >= 15 is 0 Å². The highest BCUT2D eigenvalue weighted by Gasteiger charge is 2.52. The summed E-state index contributed by atoms with van der Waals surface area (Å²) in [6.07, 6.45) is 8.05. The molecule has 1 amide bonds. The molecule has 162 valence electrons. The normalized spacial score (nSPS) is 28.4. The van der Waals surface area contributed by atoms with Crippen molar-refractivity contribution in [1.82, 2.24) is 0 Å². The van der Waals surface area contributed by atoms with Crippen LogP contribution in [-0.2, 0) is 16.6 Å². The third-order valence-corrected chi connectivity index (χ3v) is 7.67. The number of anilines is 1. The Labute approximate surface area is 182 Å². The van der Waals surface area contributed by atoms with Gasteiger partial charge in [-0.3, -0.25) is 4.79 Å². The van der Waals surface area contributed by atoms with E-state index in [9.17, 15) is 14.7 Å². The van der Waals surface area contributed by atoms with Crippen LogP contribution in [0.2, 0.25) is 0 Å². The lowest BCUT2D eigenvalue weighted by Crippen LogP contribution is -2.48. The summed E-state index contributed by atoms with van der Waals surface area (Å²) >= 11 is 0. The van der Waals surface area contributed by atoms with Gasteiger partial charge in [0.05, 0.1) is 24.8 Å². The van der Waals surface area contributed by atoms with Crippen molar-refractivity contribution < 1.29 is 19.4 Å². The average molecular weight is 420 g/mol. The second-order valence-corrected chi connectivity index (χ2v) is 9.81. The molecule has 2 N–H and O–H groups in total. The second-order valence-electron chi connectivity index (χ2n) is 9.81. The van der Waals surface area contributed by atoms with Gasteiger partial charge in [-0.05, 0) is 85.5 Å². The fraction of sp³-hybridized carbons (Fsp3) is 0.462. The number of carbonyl (C=O) groups excluding carboxylic acids is 1. The Bertz CT molecular complexity index is 993. The Morgan fingerprint density at radius 2 is 1.68 bits per heavy atom. The van der Waals surface area contributed by atoms with Crippen LogP contribution in [0.3, 0.4) is 0 Å². The number of methoxy groups -OCH3 is 1. The molecule has 4 aliphatic rings. The van der Waals surface area contributed by atoms with Gasteiger partial charge in [0.15, 0.2) is 0 Å². The lowest BCUT2D eigenvalue weighted by molar-refractivity contribution is -0.115. The van der Waals surface area contributed by atoms with E-state index in [2.05, 4.69) is 11.4 Å². The minimum absolute atomic E-state index is 0.0971. The van der Waals surface area contributed by atoms with E-state index in [1.807, 2.05) is 12.1 Å². The van der Waals surface area contributed by atoms with E-state index in [0.29, 0.717) is 5.69 Å². The zero-order chi connectivity index (χ0) is 21.6. The van der Waals surface area contributed by atoms with E-state index in [-0.39, 0.29) is 23.3 Å². The van der Waals surface area contributed by atoms with E-state index in [4.69, 9.17) is 4.74 Å². The molecule has 5 nitrogen and oxygen atoms in total. The van der Waals surface area contributed by atoms with E-state index in [0.717, 1.165) is 29.1 Å². The zero-order valence-corrected chi connectivity index (χ0v) is 17.9. The van der Waals surface area contributed by atoms with Gasteiger partial charge in [0, 0.05) is 5.56 Å². The van der Waals surface area contributed by atoms with Crippen LogP contribution in [0.4, 0.5) is 5.69 Å². The molecule has 2 aromatic rings. The molecule has 5 heteroatoms. The molecular formula is C26H29NO4. The Morgan fingerprint density at radius 1 is 1.03 bits per heavy atom. The minimum atomic E-state index is -1.05. The summed E-state index contributed by atoms with van der Waals surface area (Å²) in [5, 5.41) is 12.1. The highest BCUT2D eigenvalue weighted by atomic mass is 16.5. The van der Waals surface area contributed by atoms with Gasteiger partial charge >= 0.3 is 5.97 Å². The van der Waals surface area contributed by atoms with Gasteiger partial charge in [0.1, 0.15) is 5.75 Å². The highest BCUT2D eigenvalue weighted by molar-refractivity contribution is 6.01. The number of amides is 1. The third kappa shape index (κ3) is 3.71. The van der Waals surface area contributed by atoms with Gasteiger partial charge in [-0.1, -0.05) is 24.3 Å². The maximum atomic E-state index is 12.7. The lowest BCUT2D eigenvalue weighted by Gasteiger charge is -2.57. The van der Waals surface area contributed by atoms with Crippen LogP contribution in [0.15, 0.2) is 42.5 Å². The topological polar surface area (TPSA) is 75.6 Å². The van der Waals surface area contributed by atoms with Crippen molar-refractivity contribution >= 4 is 17.6 Å². The van der Waals surface area contributed by atoms with Crippen molar-refractivity contribution in [2.45, 2.75) is 50.4 Å². The number of carboxylic acids is 1. The molecule has 0 saturated heterocycles. The number of benzene rings is 2. The predicted molar refractivity (Wildman–Crippen MR) is 119 cm³/mol. The fourth-order valence-corrected chi connectivity index (χ4v) is 6.88. The van der Waals surface area contributed by atoms with Crippen LogP contribution in [-0.4, -0.2) is 24.1 Å². The SMILES string of the molecule is COc1ccc(CC(=O)Nc2ccccc2C(=O)O)cc1C12CC3CC(CC(C3)C1)C2. The molecule has 4 bridgehead atoms. The maximum Gasteiger partial charge on any atom is 0.337 e. The first-order valence-corrected chi connectivity index (χ1v) is 11.3. The largest absolute Gasteiger partial charge is 0.496 e. The molecule has 0 spiro atoms. The van der Waals surface area contributed by atoms with Gasteiger partial charge < -0.3 is 15.2 Å². The Hall–Kier alpha value is -2.82. The van der Waals surface area contributed by atoms with Crippen molar-refractivity contribution in [2.24, 2.45) is 17.8 Å². The molecule has 6 rings (SSSR count). The quantitative estimate of drug-likeness (QED) is 0.688. The number of nitrogens with one attached hydrogen (secondary N) is 1. The van der Waals surface area contributed by atoms with Crippen molar-refractivity contribution in [3.63, 3.8) is 0 Å². The Morgan fingerprint density at radius 3 is 2.29 bits per heavy atom. The molecule has 4 saturated carbocycles. The van der Waals surface area contributed by atoms with E-state index in [1.54, 1.807) is 25.3 Å². The first-order valence-electron chi connectivity index (χ1n) is 11.3. The number of hydrogen-bond acceptors (Lipinski definition) is 3. The summed E-state index contributed by atoms with van der Waals surface area (Å²) < 4.78 is 5.77. The third-order valence-electron chi connectivity index (χ3n) is 7.67. The van der Waals surface area contributed by atoms with Crippen molar-refractivity contribution in [3.8, 4) is 5.75 Å². The highest BCUT2D eigenvalue weighted by Crippen LogP contribution is 2.61. The smallest absolute Gasteiger partial charge is 0.337 e. The molecule has 0 radical (unpaired) electrons. The van der Waals surface area contributed by atoms with Gasteiger partial charge in [-0.2, -0.15) is 0 Å². The molecular weight excluding hydrogens is 390 g/mol. The Balaban J connectivity index is 1.39. The van der Waals surface area contributed by atoms with Crippen LogP contribution in [0.5, 0.6) is 5.75 Å². The number of ether oxygens (including phenoxy) is 1. The summed E-state index contributed by atoms with van der Waals surface area (Å²) in [4.78, 5) is 24.2. The summed E-state index contributed by atoms with van der Waals surface area (Å²) in [6, 6.07) is 12.6. The summed E-state index contributed by atoms with van der Waals surface area (Å²) in [5.41, 5.74) is 2.82. The molecule has 0 atom stereocenters. The van der Waals surface area contributed by atoms with Gasteiger partial charge in [-0.15, -0.1) is 0 Å².